The van der Waals surface area contributed by atoms with Crippen LogP contribution in [0.4, 0.5) is 4.79 Å². The molecule has 0 unspecified atom stereocenters. The lowest BCUT2D eigenvalue weighted by molar-refractivity contribution is -0.144. The Morgan fingerprint density at radius 3 is 1.95 bits per heavy atom. The van der Waals surface area contributed by atoms with E-state index in [9.17, 15) is 9.59 Å². The molecule has 0 aliphatic carbocycles. The number of nitrogens with zero attached hydrogens (tertiary/aromatic N) is 1. The van der Waals surface area contributed by atoms with Gasteiger partial charge in [-0.2, -0.15) is 0 Å². The SMILES string of the molecule is CCCCCCCCCOC(=O)CN(C)C(=O)OCCCC. The van der Waals surface area contributed by atoms with Crippen LogP contribution >= 0.6 is 0 Å². The zero-order valence-corrected chi connectivity index (χ0v) is 14.6. The zero-order chi connectivity index (χ0) is 16.6. The van der Waals surface area contributed by atoms with Crippen LogP contribution in [-0.2, 0) is 14.3 Å². The maximum absolute atomic E-state index is 11.6. The lowest BCUT2D eigenvalue weighted by Crippen LogP contribution is -2.33. The highest BCUT2D eigenvalue weighted by molar-refractivity contribution is 5.77. The Morgan fingerprint density at radius 2 is 1.32 bits per heavy atom. The average molecular weight is 315 g/mol. The number of rotatable bonds is 13. The molecule has 0 fully saturated rings. The molecule has 0 saturated heterocycles. The van der Waals surface area contributed by atoms with E-state index in [0.717, 1.165) is 25.7 Å². The van der Waals surface area contributed by atoms with Crippen LogP contribution in [0.2, 0.25) is 0 Å². The predicted octanol–water partition coefficient (Wildman–Crippen LogP) is 4.15. The van der Waals surface area contributed by atoms with Crippen molar-refractivity contribution in [1.29, 1.82) is 0 Å². The number of carbonyl (C=O) groups is 2. The molecule has 0 spiro atoms. The number of hydrogen-bond acceptors (Lipinski definition) is 4. The quantitative estimate of drug-likeness (QED) is 0.378. The molecule has 0 rings (SSSR count). The minimum absolute atomic E-state index is 0.0541. The number of likely N-dealkylation sites (N-methyl/N-ethyl adjacent to an activating group) is 1. The van der Waals surface area contributed by atoms with E-state index in [1.807, 2.05) is 6.92 Å². The maximum atomic E-state index is 11.6. The molecule has 5 nitrogen and oxygen atoms in total. The predicted molar refractivity (Wildman–Crippen MR) is 87.8 cm³/mol. The van der Waals surface area contributed by atoms with Gasteiger partial charge in [-0.1, -0.05) is 58.8 Å². The molecular weight excluding hydrogens is 282 g/mol. The molecule has 0 saturated carbocycles. The monoisotopic (exact) mass is 315 g/mol. The van der Waals surface area contributed by atoms with Gasteiger partial charge in [-0.3, -0.25) is 4.79 Å². The Balaban J connectivity index is 3.53. The second-order valence-corrected chi connectivity index (χ2v) is 5.67. The Labute approximate surface area is 135 Å². The summed E-state index contributed by atoms with van der Waals surface area (Å²) in [5.74, 6) is -0.374. The minimum atomic E-state index is -0.471. The molecule has 0 atom stereocenters. The summed E-state index contributed by atoms with van der Waals surface area (Å²) in [7, 11) is 1.54. The summed E-state index contributed by atoms with van der Waals surface area (Å²) in [5.41, 5.74) is 0. The summed E-state index contributed by atoms with van der Waals surface area (Å²) >= 11 is 0. The van der Waals surface area contributed by atoms with Crippen molar-refractivity contribution in [3.8, 4) is 0 Å². The fraction of sp³-hybridized carbons (Fsp3) is 0.882. The van der Waals surface area contributed by atoms with Crippen molar-refractivity contribution in [3.63, 3.8) is 0 Å². The van der Waals surface area contributed by atoms with Crippen molar-refractivity contribution in [2.24, 2.45) is 0 Å². The number of hydrogen-bond donors (Lipinski definition) is 0. The summed E-state index contributed by atoms with van der Waals surface area (Å²) < 4.78 is 10.1. The van der Waals surface area contributed by atoms with Gasteiger partial charge in [0.05, 0.1) is 13.2 Å². The van der Waals surface area contributed by atoms with Crippen LogP contribution in [0.25, 0.3) is 0 Å². The fourth-order valence-corrected chi connectivity index (χ4v) is 1.96. The van der Waals surface area contributed by atoms with Gasteiger partial charge in [0.25, 0.3) is 0 Å². The Kier molecular flexibility index (Phi) is 13.8. The minimum Gasteiger partial charge on any atom is -0.464 e. The van der Waals surface area contributed by atoms with Crippen molar-refractivity contribution in [3.05, 3.63) is 0 Å². The van der Waals surface area contributed by atoms with E-state index in [1.54, 1.807) is 7.05 Å². The lowest BCUT2D eigenvalue weighted by atomic mass is 10.1. The van der Waals surface area contributed by atoms with Gasteiger partial charge in [0, 0.05) is 7.05 Å². The first kappa shape index (κ1) is 20.7. The molecule has 0 aromatic carbocycles. The van der Waals surface area contributed by atoms with Crippen LogP contribution in [0.1, 0.15) is 71.6 Å². The highest BCUT2D eigenvalue weighted by Gasteiger charge is 2.14. The molecule has 0 aromatic rings. The van der Waals surface area contributed by atoms with Gasteiger partial charge < -0.3 is 14.4 Å². The standard InChI is InChI=1S/C17H33NO4/c1-4-6-8-9-10-11-12-14-21-16(19)15-18(3)17(20)22-13-7-5-2/h4-15H2,1-3H3. The van der Waals surface area contributed by atoms with Crippen LogP contribution in [0, 0.1) is 0 Å². The molecule has 0 aliphatic heterocycles. The molecule has 0 heterocycles. The lowest BCUT2D eigenvalue weighted by Gasteiger charge is -2.16. The first-order valence-corrected chi connectivity index (χ1v) is 8.65. The smallest absolute Gasteiger partial charge is 0.410 e. The first-order valence-electron chi connectivity index (χ1n) is 8.65. The van der Waals surface area contributed by atoms with Crippen LogP contribution in [0.5, 0.6) is 0 Å². The van der Waals surface area contributed by atoms with E-state index < -0.39 is 6.09 Å². The van der Waals surface area contributed by atoms with Crippen LogP contribution in [0.3, 0.4) is 0 Å². The molecule has 0 aromatic heterocycles. The third-order valence-electron chi connectivity index (χ3n) is 3.41. The van der Waals surface area contributed by atoms with Crippen LogP contribution < -0.4 is 0 Å². The Hall–Kier alpha value is -1.26. The summed E-state index contributed by atoms with van der Waals surface area (Å²) in [6, 6.07) is 0. The molecule has 0 bridgehead atoms. The Morgan fingerprint density at radius 1 is 0.773 bits per heavy atom. The van der Waals surface area contributed by atoms with E-state index in [1.165, 1.54) is 37.0 Å². The molecule has 22 heavy (non-hydrogen) atoms. The van der Waals surface area contributed by atoms with E-state index >= 15 is 0 Å². The fourth-order valence-electron chi connectivity index (χ4n) is 1.96. The van der Waals surface area contributed by atoms with Crippen molar-refractivity contribution >= 4 is 12.1 Å². The van der Waals surface area contributed by atoms with Crippen molar-refractivity contribution in [1.82, 2.24) is 4.90 Å². The number of amides is 1. The van der Waals surface area contributed by atoms with E-state index in [0.29, 0.717) is 13.2 Å². The van der Waals surface area contributed by atoms with Gasteiger partial charge in [0.15, 0.2) is 0 Å². The molecule has 1 amide bonds. The number of ether oxygens (including phenoxy) is 2. The molecule has 0 aliphatic rings. The first-order chi connectivity index (χ1) is 10.6. The van der Waals surface area contributed by atoms with Gasteiger partial charge in [0.1, 0.15) is 6.54 Å². The highest BCUT2D eigenvalue weighted by atomic mass is 16.6. The number of unbranched alkanes of at least 4 members (excludes halogenated alkanes) is 7. The summed E-state index contributed by atoms with van der Waals surface area (Å²) in [6.45, 7) is 5.01. The van der Waals surface area contributed by atoms with Crippen LogP contribution in [-0.4, -0.2) is 43.8 Å². The maximum Gasteiger partial charge on any atom is 0.410 e. The summed E-state index contributed by atoms with van der Waals surface area (Å²) in [5, 5.41) is 0. The van der Waals surface area contributed by atoms with Gasteiger partial charge in [-0.05, 0) is 12.8 Å². The number of esters is 1. The van der Waals surface area contributed by atoms with Crippen LogP contribution in [0.15, 0.2) is 0 Å². The molecule has 130 valence electrons. The zero-order valence-electron chi connectivity index (χ0n) is 14.6. The van der Waals surface area contributed by atoms with Crippen molar-refractivity contribution < 1.29 is 19.1 Å². The van der Waals surface area contributed by atoms with Gasteiger partial charge >= 0.3 is 12.1 Å². The largest absolute Gasteiger partial charge is 0.464 e. The molecule has 0 radical (unpaired) electrons. The molecule has 5 heteroatoms. The normalized spacial score (nSPS) is 10.3. The van der Waals surface area contributed by atoms with E-state index in [2.05, 4.69) is 6.92 Å². The third kappa shape index (κ3) is 12.5. The van der Waals surface area contributed by atoms with Crippen molar-refractivity contribution in [2.75, 3.05) is 26.8 Å². The molecular formula is C17H33NO4. The average Bonchev–Trinajstić information content (AvgIpc) is 2.50. The second kappa shape index (κ2) is 14.7. The van der Waals surface area contributed by atoms with Gasteiger partial charge in [-0.15, -0.1) is 0 Å². The Bertz CT molecular complexity index is 294. The summed E-state index contributed by atoms with van der Waals surface area (Å²) in [6.07, 6.45) is 9.62. The highest BCUT2D eigenvalue weighted by Crippen LogP contribution is 2.07. The van der Waals surface area contributed by atoms with E-state index in [-0.39, 0.29) is 12.5 Å². The van der Waals surface area contributed by atoms with Gasteiger partial charge in [0.2, 0.25) is 0 Å². The summed E-state index contributed by atoms with van der Waals surface area (Å²) in [4.78, 5) is 24.4. The number of carbonyl (C=O) groups excluding carboxylic acids is 2. The third-order valence-corrected chi connectivity index (χ3v) is 3.41. The van der Waals surface area contributed by atoms with Crippen molar-refractivity contribution in [2.45, 2.75) is 71.6 Å². The second-order valence-electron chi connectivity index (χ2n) is 5.67. The topological polar surface area (TPSA) is 55.8 Å². The molecule has 0 N–H and O–H groups in total. The van der Waals surface area contributed by atoms with E-state index in [4.69, 9.17) is 9.47 Å². The van der Waals surface area contributed by atoms with Gasteiger partial charge in [-0.25, -0.2) is 4.79 Å².